The normalized spacial score (nSPS) is 13.8. The molecular formula is C20H14F4N2O4. The van der Waals surface area contributed by atoms with Crippen molar-refractivity contribution in [3.8, 4) is 11.4 Å². The molecule has 0 amide bonds. The molecule has 2 heterocycles. The number of hydrogen-bond acceptors (Lipinski definition) is 4. The molecular weight excluding hydrogens is 408 g/mol. The largest absolute Gasteiger partial charge is 0.511 e. The van der Waals surface area contributed by atoms with Crippen LogP contribution in [-0.4, -0.2) is 28.9 Å². The summed E-state index contributed by atoms with van der Waals surface area (Å²) in [4.78, 5) is 25.0. The van der Waals surface area contributed by atoms with Crippen LogP contribution < -0.4 is 15.1 Å². The molecule has 0 spiro atoms. The smallest absolute Gasteiger partial charge is 0.449 e. The predicted molar refractivity (Wildman–Crippen MR) is 99.5 cm³/mol. The molecule has 0 bridgehead atoms. The lowest BCUT2D eigenvalue weighted by Crippen LogP contribution is -2.23. The lowest BCUT2D eigenvalue weighted by atomic mass is 10.1. The van der Waals surface area contributed by atoms with Crippen molar-refractivity contribution in [2.45, 2.75) is 12.8 Å². The summed E-state index contributed by atoms with van der Waals surface area (Å²) in [6, 6.07) is 3.42. The Kier molecular flexibility index (Phi) is 4.84. The Labute approximate surface area is 166 Å². The molecule has 0 saturated carbocycles. The highest BCUT2D eigenvalue weighted by Gasteiger charge is 2.26. The van der Waals surface area contributed by atoms with E-state index in [1.165, 1.54) is 4.90 Å². The number of rotatable bonds is 3. The van der Waals surface area contributed by atoms with Gasteiger partial charge in [-0.3, -0.25) is 4.79 Å². The number of pyridine rings is 1. The summed E-state index contributed by atoms with van der Waals surface area (Å²) in [7, 11) is 0. The van der Waals surface area contributed by atoms with Crippen molar-refractivity contribution in [3.63, 3.8) is 0 Å². The van der Waals surface area contributed by atoms with Gasteiger partial charge in [0, 0.05) is 24.8 Å². The maximum absolute atomic E-state index is 15.5. The highest BCUT2D eigenvalue weighted by atomic mass is 19.2. The number of hydrogen-bond donors (Lipinski definition) is 1. The molecule has 1 aliphatic rings. The zero-order valence-corrected chi connectivity index (χ0v) is 15.3. The number of anilines is 1. The van der Waals surface area contributed by atoms with Crippen molar-refractivity contribution in [2.24, 2.45) is 0 Å². The van der Waals surface area contributed by atoms with Crippen LogP contribution in [0, 0.1) is 23.3 Å². The van der Waals surface area contributed by atoms with Crippen LogP contribution in [0.25, 0.3) is 16.6 Å². The summed E-state index contributed by atoms with van der Waals surface area (Å²) < 4.78 is 62.8. The molecule has 10 heteroatoms. The van der Waals surface area contributed by atoms with E-state index in [9.17, 15) is 22.8 Å². The van der Waals surface area contributed by atoms with Crippen LogP contribution in [-0.2, 0) is 0 Å². The molecule has 1 aliphatic heterocycles. The van der Waals surface area contributed by atoms with Gasteiger partial charge in [0.05, 0.1) is 17.1 Å². The quantitative estimate of drug-likeness (QED) is 0.506. The first-order chi connectivity index (χ1) is 14.3. The average molecular weight is 422 g/mol. The monoisotopic (exact) mass is 422 g/mol. The number of aromatic nitrogens is 1. The summed E-state index contributed by atoms with van der Waals surface area (Å²) in [5, 5.41) is 8.36. The lowest BCUT2D eigenvalue weighted by Gasteiger charge is -2.22. The molecule has 156 valence electrons. The van der Waals surface area contributed by atoms with Crippen LogP contribution in [0.3, 0.4) is 0 Å². The molecule has 6 nitrogen and oxygen atoms in total. The average Bonchev–Trinajstić information content (AvgIpc) is 3.20. The summed E-state index contributed by atoms with van der Waals surface area (Å²) in [5.74, 6) is -5.22. The van der Waals surface area contributed by atoms with Gasteiger partial charge in [-0.05, 0) is 31.0 Å². The van der Waals surface area contributed by atoms with Crippen molar-refractivity contribution >= 4 is 22.7 Å². The number of nitrogens with zero attached hydrogens (tertiary/aromatic N) is 2. The summed E-state index contributed by atoms with van der Waals surface area (Å²) in [6.07, 6.45) is 0.495. The SMILES string of the molecule is O=C(O)Oc1cn(-c2ccc(F)c(F)c2)c2c(F)c(N3CCCC3)c(F)cc2c1=O. The second kappa shape index (κ2) is 7.36. The van der Waals surface area contributed by atoms with Gasteiger partial charge in [0.1, 0.15) is 11.5 Å². The lowest BCUT2D eigenvalue weighted by molar-refractivity contribution is 0.144. The molecule has 0 aliphatic carbocycles. The molecule has 2 aromatic carbocycles. The molecule has 30 heavy (non-hydrogen) atoms. The van der Waals surface area contributed by atoms with E-state index in [1.54, 1.807) is 0 Å². The van der Waals surface area contributed by atoms with E-state index in [0.717, 1.165) is 47.9 Å². The minimum Gasteiger partial charge on any atom is -0.449 e. The molecule has 0 radical (unpaired) electrons. The Morgan fingerprint density at radius 2 is 1.70 bits per heavy atom. The third kappa shape index (κ3) is 3.23. The predicted octanol–water partition coefficient (Wildman–Crippen LogP) is 4.20. The molecule has 1 N–H and O–H groups in total. The van der Waals surface area contributed by atoms with Crippen LogP contribution in [0.5, 0.6) is 5.75 Å². The second-order valence-corrected chi connectivity index (χ2v) is 6.77. The van der Waals surface area contributed by atoms with E-state index in [4.69, 9.17) is 5.11 Å². The molecule has 0 atom stereocenters. The van der Waals surface area contributed by atoms with Crippen LogP contribution in [0.2, 0.25) is 0 Å². The first-order valence-electron chi connectivity index (χ1n) is 8.96. The summed E-state index contributed by atoms with van der Waals surface area (Å²) >= 11 is 0. The van der Waals surface area contributed by atoms with Gasteiger partial charge in [-0.1, -0.05) is 0 Å². The van der Waals surface area contributed by atoms with Crippen LogP contribution in [0.1, 0.15) is 12.8 Å². The van der Waals surface area contributed by atoms with Crippen LogP contribution in [0.15, 0.2) is 35.3 Å². The number of ether oxygens (including phenoxy) is 1. The van der Waals surface area contributed by atoms with Gasteiger partial charge in [-0.25, -0.2) is 22.4 Å². The number of carbonyl (C=O) groups is 1. The standard InChI is InChI=1S/C20H14F4N2O4/c21-12-4-3-10(7-13(12)22)26-9-15(30-20(28)29)19(27)11-8-14(23)18(16(24)17(11)26)25-5-1-2-6-25/h3-4,7-9H,1-2,5-6H2,(H,28,29). The van der Waals surface area contributed by atoms with E-state index in [0.29, 0.717) is 13.1 Å². The van der Waals surface area contributed by atoms with Crippen molar-refractivity contribution in [1.82, 2.24) is 4.57 Å². The van der Waals surface area contributed by atoms with Crippen molar-refractivity contribution in [3.05, 3.63) is 64.0 Å². The maximum atomic E-state index is 15.5. The fourth-order valence-electron chi connectivity index (χ4n) is 3.62. The van der Waals surface area contributed by atoms with Gasteiger partial charge in [-0.15, -0.1) is 0 Å². The fourth-order valence-corrected chi connectivity index (χ4v) is 3.62. The molecule has 1 saturated heterocycles. The van der Waals surface area contributed by atoms with Gasteiger partial charge >= 0.3 is 6.16 Å². The van der Waals surface area contributed by atoms with E-state index < -0.39 is 51.5 Å². The van der Waals surface area contributed by atoms with Gasteiger partial charge < -0.3 is 19.3 Å². The van der Waals surface area contributed by atoms with Crippen molar-refractivity contribution in [1.29, 1.82) is 0 Å². The molecule has 0 unspecified atom stereocenters. The highest BCUT2D eigenvalue weighted by Crippen LogP contribution is 2.34. The fraction of sp³-hybridized carbons (Fsp3) is 0.200. The zero-order chi connectivity index (χ0) is 21.6. The Balaban J connectivity index is 2.09. The number of carboxylic acid groups (broad SMARTS) is 1. The van der Waals surface area contributed by atoms with Gasteiger partial charge in [0.2, 0.25) is 5.43 Å². The minimum atomic E-state index is -1.82. The molecule has 4 rings (SSSR count). The number of benzene rings is 2. The zero-order valence-electron chi connectivity index (χ0n) is 15.3. The number of fused-ring (bicyclic) bond motifs is 1. The molecule has 1 fully saturated rings. The highest BCUT2D eigenvalue weighted by molar-refractivity contribution is 5.87. The van der Waals surface area contributed by atoms with E-state index in [1.807, 2.05) is 0 Å². The van der Waals surface area contributed by atoms with Crippen LogP contribution in [0.4, 0.5) is 28.0 Å². The Bertz CT molecular complexity index is 1240. The first-order valence-corrected chi connectivity index (χ1v) is 8.96. The van der Waals surface area contributed by atoms with Crippen molar-refractivity contribution < 1.29 is 32.2 Å². The minimum absolute atomic E-state index is 0.119. The molecule has 1 aromatic heterocycles. The Morgan fingerprint density at radius 3 is 2.33 bits per heavy atom. The van der Waals surface area contributed by atoms with E-state index in [-0.39, 0.29) is 11.4 Å². The topological polar surface area (TPSA) is 71.8 Å². The Morgan fingerprint density at radius 1 is 1.00 bits per heavy atom. The number of halogens is 4. The first kappa shape index (κ1) is 19.7. The van der Waals surface area contributed by atoms with Gasteiger partial charge in [0.25, 0.3) is 0 Å². The second-order valence-electron chi connectivity index (χ2n) is 6.77. The third-order valence-corrected chi connectivity index (χ3v) is 4.92. The maximum Gasteiger partial charge on any atom is 0.511 e. The van der Waals surface area contributed by atoms with E-state index in [2.05, 4.69) is 4.74 Å². The summed E-state index contributed by atoms with van der Waals surface area (Å²) in [6.45, 7) is 0.823. The van der Waals surface area contributed by atoms with Crippen molar-refractivity contribution in [2.75, 3.05) is 18.0 Å². The molecule has 3 aromatic rings. The van der Waals surface area contributed by atoms with E-state index >= 15 is 4.39 Å². The summed E-state index contributed by atoms with van der Waals surface area (Å²) in [5.41, 5.74) is -1.93. The van der Waals surface area contributed by atoms with Gasteiger partial charge in [0.15, 0.2) is 23.2 Å². The Hall–Kier alpha value is -3.56. The van der Waals surface area contributed by atoms with Crippen LogP contribution >= 0.6 is 0 Å². The third-order valence-electron chi connectivity index (χ3n) is 4.92. The van der Waals surface area contributed by atoms with Gasteiger partial charge in [-0.2, -0.15) is 0 Å².